The summed E-state index contributed by atoms with van der Waals surface area (Å²) in [5.74, 6) is 0.969. The van der Waals surface area contributed by atoms with E-state index < -0.39 is 10.0 Å². The largest absolute Gasteiger partial charge is 0.486 e. The van der Waals surface area contributed by atoms with E-state index in [9.17, 15) is 8.42 Å². The van der Waals surface area contributed by atoms with Gasteiger partial charge in [0.05, 0.1) is 16.3 Å². The van der Waals surface area contributed by atoms with Gasteiger partial charge in [-0.25, -0.2) is 13.1 Å². The maximum Gasteiger partial charge on any atom is 0.262 e. The van der Waals surface area contributed by atoms with Crippen molar-refractivity contribution >= 4 is 15.7 Å². The first-order chi connectivity index (χ1) is 12.1. The van der Waals surface area contributed by atoms with E-state index in [1.54, 1.807) is 47.4 Å². The third kappa shape index (κ3) is 3.03. The van der Waals surface area contributed by atoms with Crippen molar-refractivity contribution in [1.82, 2.24) is 9.78 Å². The van der Waals surface area contributed by atoms with Crippen molar-refractivity contribution in [3.05, 3.63) is 60.9 Å². The Morgan fingerprint density at radius 1 is 1.00 bits per heavy atom. The molecule has 0 aliphatic carbocycles. The normalized spacial score (nSPS) is 13.4. The van der Waals surface area contributed by atoms with E-state index in [1.165, 1.54) is 12.1 Å². The fourth-order valence-corrected chi connectivity index (χ4v) is 3.65. The Morgan fingerprint density at radius 2 is 1.80 bits per heavy atom. The smallest absolute Gasteiger partial charge is 0.262 e. The van der Waals surface area contributed by atoms with Crippen LogP contribution in [0.2, 0.25) is 0 Å². The van der Waals surface area contributed by atoms with Gasteiger partial charge in [-0.15, -0.1) is 0 Å². The molecular formula is C17H15N3O4S. The summed E-state index contributed by atoms with van der Waals surface area (Å²) >= 11 is 0. The van der Waals surface area contributed by atoms with Gasteiger partial charge in [-0.05, 0) is 30.3 Å². The summed E-state index contributed by atoms with van der Waals surface area (Å²) in [7, 11) is -3.79. The molecule has 1 N–H and O–H groups in total. The maximum atomic E-state index is 12.8. The summed E-state index contributed by atoms with van der Waals surface area (Å²) in [6.45, 7) is 0.848. The number of aromatic nitrogens is 2. The van der Waals surface area contributed by atoms with E-state index in [0.29, 0.717) is 36.1 Å². The molecule has 0 radical (unpaired) electrons. The Hall–Kier alpha value is -3.00. The SMILES string of the molecule is O=S(=O)(Nc1ccccc1-n1cccn1)c1ccc2c(c1)OCCO2. The average molecular weight is 357 g/mol. The van der Waals surface area contributed by atoms with Gasteiger partial charge in [-0.1, -0.05) is 12.1 Å². The van der Waals surface area contributed by atoms with Gasteiger partial charge in [0.2, 0.25) is 0 Å². The summed E-state index contributed by atoms with van der Waals surface area (Å²) in [5.41, 5.74) is 1.06. The topological polar surface area (TPSA) is 82.5 Å². The molecule has 2 heterocycles. The highest BCUT2D eigenvalue weighted by Crippen LogP contribution is 2.33. The molecule has 0 saturated heterocycles. The summed E-state index contributed by atoms with van der Waals surface area (Å²) < 4.78 is 40.6. The van der Waals surface area contributed by atoms with Gasteiger partial charge >= 0.3 is 0 Å². The molecule has 128 valence electrons. The third-order valence-corrected chi connectivity index (χ3v) is 5.09. The highest BCUT2D eigenvalue weighted by atomic mass is 32.2. The van der Waals surface area contributed by atoms with Gasteiger partial charge in [0.15, 0.2) is 11.5 Å². The van der Waals surface area contributed by atoms with Crippen LogP contribution in [0.3, 0.4) is 0 Å². The number of hydrogen-bond donors (Lipinski definition) is 1. The average Bonchev–Trinajstić information content (AvgIpc) is 3.16. The zero-order valence-corrected chi connectivity index (χ0v) is 13.9. The Kier molecular flexibility index (Phi) is 3.81. The number of anilines is 1. The van der Waals surface area contributed by atoms with Crippen LogP contribution in [0.25, 0.3) is 5.69 Å². The fourth-order valence-electron chi connectivity index (χ4n) is 2.57. The lowest BCUT2D eigenvalue weighted by atomic mass is 10.3. The van der Waals surface area contributed by atoms with Crippen molar-refractivity contribution < 1.29 is 17.9 Å². The second-order valence-corrected chi connectivity index (χ2v) is 7.06. The Labute approximate surface area is 144 Å². The molecular weight excluding hydrogens is 342 g/mol. The maximum absolute atomic E-state index is 12.8. The van der Waals surface area contributed by atoms with Crippen molar-refractivity contribution in [1.29, 1.82) is 0 Å². The molecule has 1 aliphatic heterocycles. The second-order valence-electron chi connectivity index (χ2n) is 5.38. The van der Waals surface area contributed by atoms with E-state index in [0.717, 1.165) is 0 Å². The molecule has 4 rings (SSSR count). The molecule has 7 nitrogen and oxygen atoms in total. The van der Waals surface area contributed by atoms with Crippen LogP contribution in [0, 0.1) is 0 Å². The summed E-state index contributed by atoms with van der Waals surface area (Å²) in [6.07, 6.45) is 3.38. The molecule has 0 bridgehead atoms. The van der Waals surface area contributed by atoms with E-state index in [-0.39, 0.29) is 4.90 Å². The van der Waals surface area contributed by atoms with Gasteiger partial charge in [-0.2, -0.15) is 5.10 Å². The lowest BCUT2D eigenvalue weighted by molar-refractivity contribution is 0.171. The van der Waals surface area contributed by atoms with Gasteiger partial charge in [0, 0.05) is 18.5 Å². The molecule has 8 heteroatoms. The van der Waals surface area contributed by atoms with Crippen molar-refractivity contribution in [2.45, 2.75) is 4.90 Å². The van der Waals surface area contributed by atoms with Crippen LogP contribution in [0.4, 0.5) is 5.69 Å². The Morgan fingerprint density at radius 3 is 2.60 bits per heavy atom. The van der Waals surface area contributed by atoms with Crippen LogP contribution < -0.4 is 14.2 Å². The molecule has 0 amide bonds. The Balaban J connectivity index is 1.69. The quantitative estimate of drug-likeness (QED) is 0.775. The number of fused-ring (bicyclic) bond motifs is 1. The lowest BCUT2D eigenvalue weighted by Crippen LogP contribution is -2.18. The monoisotopic (exact) mass is 357 g/mol. The standard InChI is InChI=1S/C17H15N3O4S/c21-25(22,13-6-7-16-17(12-13)24-11-10-23-16)19-14-4-1-2-5-15(14)20-9-3-8-18-20/h1-9,12,19H,10-11H2. The predicted octanol–water partition coefficient (Wildman–Crippen LogP) is 2.44. The van der Waals surface area contributed by atoms with Gasteiger partial charge < -0.3 is 9.47 Å². The summed E-state index contributed by atoms with van der Waals surface area (Å²) in [6, 6.07) is 13.4. The number of rotatable bonds is 4. The van der Waals surface area contributed by atoms with E-state index in [1.807, 2.05) is 6.07 Å². The number of ether oxygens (including phenoxy) is 2. The molecule has 1 aromatic heterocycles. The molecule has 2 aromatic carbocycles. The second kappa shape index (κ2) is 6.14. The predicted molar refractivity (Wildman–Crippen MR) is 91.8 cm³/mol. The molecule has 25 heavy (non-hydrogen) atoms. The van der Waals surface area contributed by atoms with Gasteiger partial charge in [0.1, 0.15) is 13.2 Å². The van der Waals surface area contributed by atoms with Gasteiger partial charge in [-0.3, -0.25) is 4.72 Å². The van der Waals surface area contributed by atoms with Crippen molar-refractivity contribution in [2.24, 2.45) is 0 Å². The number of para-hydroxylation sites is 2. The zero-order valence-electron chi connectivity index (χ0n) is 13.1. The molecule has 0 unspecified atom stereocenters. The first kappa shape index (κ1) is 15.5. The molecule has 0 fully saturated rings. The van der Waals surface area contributed by atoms with Crippen LogP contribution in [-0.2, 0) is 10.0 Å². The zero-order chi connectivity index (χ0) is 17.3. The molecule has 3 aromatic rings. The van der Waals surface area contributed by atoms with E-state index in [4.69, 9.17) is 9.47 Å². The van der Waals surface area contributed by atoms with Crippen molar-refractivity contribution in [2.75, 3.05) is 17.9 Å². The molecule has 0 spiro atoms. The fraction of sp³-hybridized carbons (Fsp3) is 0.118. The number of nitrogens with one attached hydrogen (secondary N) is 1. The highest BCUT2D eigenvalue weighted by Gasteiger charge is 2.20. The summed E-state index contributed by atoms with van der Waals surface area (Å²) in [4.78, 5) is 0.104. The first-order valence-electron chi connectivity index (χ1n) is 7.65. The van der Waals surface area contributed by atoms with E-state index >= 15 is 0 Å². The minimum absolute atomic E-state index is 0.104. The number of sulfonamides is 1. The van der Waals surface area contributed by atoms with Crippen LogP contribution in [-0.4, -0.2) is 31.4 Å². The number of nitrogens with zero attached hydrogens (tertiary/aromatic N) is 2. The molecule has 1 aliphatic rings. The van der Waals surface area contributed by atoms with Crippen LogP contribution in [0.1, 0.15) is 0 Å². The first-order valence-corrected chi connectivity index (χ1v) is 9.13. The van der Waals surface area contributed by atoms with Crippen LogP contribution in [0.5, 0.6) is 11.5 Å². The van der Waals surface area contributed by atoms with Crippen molar-refractivity contribution in [3.8, 4) is 17.2 Å². The highest BCUT2D eigenvalue weighted by molar-refractivity contribution is 7.92. The summed E-state index contributed by atoms with van der Waals surface area (Å²) in [5, 5.41) is 4.15. The number of benzene rings is 2. The van der Waals surface area contributed by atoms with E-state index in [2.05, 4.69) is 9.82 Å². The lowest BCUT2D eigenvalue weighted by Gasteiger charge is -2.19. The third-order valence-electron chi connectivity index (χ3n) is 3.72. The minimum atomic E-state index is -3.79. The van der Waals surface area contributed by atoms with Crippen LogP contribution >= 0.6 is 0 Å². The Bertz CT molecular complexity index is 1000. The molecule has 0 saturated carbocycles. The molecule has 0 atom stereocenters. The van der Waals surface area contributed by atoms with Gasteiger partial charge in [0.25, 0.3) is 10.0 Å². The number of hydrogen-bond acceptors (Lipinski definition) is 5. The van der Waals surface area contributed by atoms with Crippen molar-refractivity contribution in [3.63, 3.8) is 0 Å². The minimum Gasteiger partial charge on any atom is -0.486 e. The van der Waals surface area contributed by atoms with Crippen LogP contribution in [0.15, 0.2) is 65.8 Å².